The van der Waals surface area contributed by atoms with Gasteiger partial charge in [0.05, 0.1) is 18.3 Å². The summed E-state index contributed by atoms with van der Waals surface area (Å²) < 4.78 is 45.8. The van der Waals surface area contributed by atoms with Crippen molar-refractivity contribution in [1.82, 2.24) is 14.4 Å². The molecule has 2 aromatic heterocycles. The SMILES string of the molecule is O=C(c1cc2occc2n1Cc1ccc(F)cc1F)N1CCN(Cc2ccc3c(c2)OCO3)CC1. The number of rotatable bonds is 5. The van der Waals surface area contributed by atoms with E-state index in [1.165, 1.54) is 18.4 Å². The zero-order chi connectivity index (χ0) is 23.9. The molecule has 0 atom stereocenters. The van der Waals surface area contributed by atoms with Gasteiger partial charge in [0.25, 0.3) is 5.91 Å². The predicted octanol–water partition coefficient (Wildman–Crippen LogP) is 4.25. The molecule has 1 fully saturated rings. The number of furan rings is 1. The molecule has 0 N–H and O–H groups in total. The Morgan fingerprint density at radius 2 is 1.71 bits per heavy atom. The molecular formula is C26H23F2N3O4. The number of fused-ring (bicyclic) bond motifs is 2. The van der Waals surface area contributed by atoms with Crippen LogP contribution in [0.15, 0.2) is 59.2 Å². The van der Waals surface area contributed by atoms with Crippen LogP contribution in [-0.2, 0) is 13.1 Å². The molecule has 6 rings (SSSR count). The van der Waals surface area contributed by atoms with Crippen LogP contribution in [0.25, 0.3) is 11.1 Å². The van der Waals surface area contributed by atoms with Crippen LogP contribution in [0.1, 0.15) is 21.6 Å². The number of aromatic nitrogens is 1. The normalized spacial score (nSPS) is 15.8. The van der Waals surface area contributed by atoms with Crippen LogP contribution in [0, 0.1) is 11.6 Å². The molecule has 0 aliphatic carbocycles. The molecule has 9 heteroatoms. The molecule has 4 aromatic rings. The van der Waals surface area contributed by atoms with Gasteiger partial charge in [-0.25, -0.2) is 8.78 Å². The predicted molar refractivity (Wildman–Crippen MR) is 123 cm³/mol. The summed E-state index contributed by atoms with van der Waals surface area (Å²) in [4.78, 5) is 17.6. The molecular weight excluding hydrogens is 456 g/mol. The Morgan fingerprint density at radius 3 is 2.54 bits per heavy atom. The van der Waals surface area contributed by atoms with E-state index >= 15 is 0 Å². The first-order valence-electron chi connectivity index (χ1n) is 11.5. The fourth-order valence-corrected chi connectivity index (χ4v) is 4.71. The van der Waals surface area contributed by atoms with E-state index in [-0.39, 0.29) is 19.2 Å². The average Bonchev–Trinajstić information content (AvgIpc) is 3.58. The molecule has 2 aromatic carbocycles. The second kappa shape index (κ2) is 8.74. The third-order valence-electron chi connectivity index (χ3n) is 6.59. The van der Waals surface area contributed by atoms with Crippen molar-refractivity contribution >= 4 is 17.0 Å². The molecule has 0 radical (unpaired) electrons. The minimum Gasteiger partial charge on any atom is -0.463 e. The van der Waals surface area contributed by atoms with Gasteiger partial charge in [-0.05, 0) is 23.8 Å². The summed E-state index contributed by atoms with van der Waals surface area (Å²) in [5.74, 6) is 0.104. The van der Waals surface area contributed by atoms with E-state index in [4.69, 9.17) is 13.9 Å². The number of carbonyl (C=O) groups is 1. The molecule has 2 aliphatic rings. The number of nitrogens with zero attached hydrogens (tertiary/aromatic N) is 3. The number of ether oxygens (including phenoxy) is 2. The van der Waals surface area contributed by atoms with E-state index < -0.39 is 11.6 Å². The quantitative estimate of drug-likeness (QED) is 0.429. The lowest BCUT2D eigenvalue weighted by molar-refractivity contribution is 0.0618. The second-order valence-electron chi connectivity index (χ2n) is 8.78. The summed E-state index contributed by atoms with van der Waals surface area (Å²) in [5, 5.41) is 0. The summed E-state index contributed by atoms with van der Waals surface area (Å²) in [6, 6.07) is 12.9. The topological polar surface area (TPSA) is 60.1 Å². The summed E-state index contributed by atoms with van der Waals surface area (Å²) in [6.45, 7) is 3.69. The number of halogens is 2. The molecule has 0 spiro atoms. The van der Waals surface area contributed by atoms with E-state index in [0.717, 1.165) is 42.8 Å². The van der Waals surface area contributed by atoms with Crippen LogP contribution in [0.2, 0.25) is 0 Å². The molecule has 7 nitrogen and oxygen atoms in total. The number of piperazine rings is 1. The van der Waals surface area contributed by atoms with Crippen molar-refractivity contribution in [2.45, 2.75) is 13.1 Å². The van der Waals surface area contributed by atoms with Gasteiger partial charge in [0.2, 0.25) is 6.79 Å². The van der Waals surface area contributed by atoms with Gasteiger partial charge in [0, 0.05) is 56.5 Å². The highest BCUT2D eigenvalue weighted by Crippen LogP contribution is 2.33. The maximum Gasteiger partial charge on any atom is 0.270 e. The Morgan fingerprint density at radius 1 is 0.886 bits per heavy atom. The fourth-order valence-electron chi connectivity index (χ4n) is 4.71. The standard InChI is InChI=1S/C26H23F2N3O4/c27-19-3-2-18(20(28)12-19)15-31-21-5-10-33-24(21)13-22(31)26(32)30-8-6-29(7-9-30)14-17-1-4-23-25(11-17)35-16-34-23/h1-5,10-13H,6-9,14-16H2. The van der Waals surface area contributed by atoms with Gasteiger partial charge in [0.1, 0.15) is 17.3 Å². The Bertz CT molecular complexity index is 1410. The smallest absolute Gasteiger partial charge is 0.270 e. The van der Waals surface area contributed by atoms with Gasteiger partial charge < -0.3 is 23.4 Å². The summed E-state index contributed by atoms with van der Waals surface area (Å²) >= 11 is 0. The van der Waals surface area contributed by atoms with Crippen molar-refractivity contribution in [1.29, 1.82) is 0 Å². The van der Waals surface area contributed by atoms with Gasteiger partial charge in [-0.15, -0.1) is 0 Å². The van der Waals surface area contributed by atoms with Crippen LogP contribution in [-0.4, -0.2) is 53.2 Å². The van der Waals surface area contributed by atoms with Gasteiger partial charge in [-0.1, -0.05) is 12.1 Å². The van der Waals surface area contributed by atoms with E-state index in [9.17, 15) is 13.6 Å². The van der Waals surface area contributed by atoms with Crippen LogP contribution in [0.4, 0.5) is 8.78 Å². The summed E-state index contributed by atoms with van der Waals surface area (Å²) in [5.41, 5.74) is 3.10. The van der Waals surface area contributed by atoms with Crippen LogP contribution < -0.4 is 9.47 Å². The first-order valence-corrected chi connectivity index (χ1v) is 11.5. The molecule has 0 saturated carbocycles. The monoisotopic (exact) mass is 479 g/mol. The molecule has 0 bridgehead atoms. The number of carbonyl (C=O) groups excluding carboxylic acids is 1. The molecule has 2 aliphatic heterocycles. The second-order valence-corrected chi connectivity index (χ2v) is 8.78. The van der Waals surface area contributed by atoms with Crippen molar-refractivity contribution in [3.05, 3.63) is 83.2 Å². The minimum atomic E-state index is -0.647. The van der Waals surface area contributed by atoms with Crippen molar-refractivity contribution in [3.8, 4) is 11.5 Å². The van der Waals surface area contributed by atoms with Crippen molar-refractivity contribution in [2.24, 2.45) is 0 Å². The van der Waals surface area contributed by atoms with Gasteiger partial charge in [-0.2, -0.15) is 0 Å². The minimum absolute atomic E-state index is 0.0975. The molecule has 4 heterocycles. The Kier molecular flexibility index (Phi) is 5.41. The van der Waals surface area contributed by atoms with Crippen molar-refractivity contribution in [2.75, 3.05) is 33.0 Å². The number of amides is 1. The third kappa shape index (κ3) is 4.12. The lowest BCUT2D eigenvalue weighted by Crippen LogP contribution is -2.48. The average molecular weight is 479 g/mol. The van der Waals surface area contributed by atoms with Gasteiger partial charge in [0.15, 0.2) is 17.1 Å². The van der Waals surface area contributed by atoms with Crippen LogP contribution >= 0.6 is 0 Å². The highest BCUT2D eigenvalue weighted by atomic mass is 19.1. The van der Waals surface area contributed by atoms with E-state index in [2.05, 4.69) is 4.90 Å². The largest absolute Gasteiger partial charge is 0.463 e. The summed E-state index contributed by atoms with van der Waals surface area (Å²) in [6.07, 6.45) is 1.53. The molecule has 0 unspecified atom stereocenters. The Hall–Kier alpha value is -3.85. The van der Waals surface area contributed by atoms with Gasteiger partial charge >= 0.3 is 0 Å². The van der Waals surface area contributed by atoms with E-state index in [1.54, 1.807) is 16.7 Å². The lowest BCUT2D eigenvalue weighted by atomic mass is 10.1. The molecule has 1 amide bonds. The molecule has 180 valence electrons. The highest BCUT2D eigenvalue weighted by molar-refractivity contribution is 5.97. The van der Waals surface area contributed by atoms with Gasteiger partial charge in [-0.3, -0.25) is 9.69 Å². The number of hydrogen-bond acceptors (Lipinski definition) is 5. The van der Waals surface area contributed by atoms with Crippen molar-refractivity contribution in [3.63, 3.8) is 0 Å². The zero-order valence-electron chi connectivity index (χ0n) is 18.9. The Balaban J connectivity index is 1.17. The van der Waals surface area contributed by atoms with Crippen molar-refractivity contribution < 1.29 is 27.5 Å². The lowest BCUT2D eigenvalue weighted by Gasteiger charge is -2.35. The van der Waals surface area contributed by atoms with E-state index in [1.807, 2.05) is 23.1 Å². The Labute approximate surface area is 200 Å². The highest BCUT2D eigenvalue weighted by Gasteiger charge is 2.27. The number of hydrogen-bond donors (Lipinski definition) is 0. The maximum atomic E-state index is 14.4. The third-order valence-corrected chi connectivity index (χ3v) is 6.59. The maximum absolute atomic E-state index is 14.4. The number of benzene rings is 2. The van der Waals surface area contributed by atoms with Crippen LogP contribution in [0.5, 0.6) is 11.5 Å². The fraction of sp³-hybridized carbons (Fsp3) is 0.269. The first kappa shape index (κ1) is 21.7. The van der Waals surface area contributed by atoms with Crippen LogP contribution in [0.3, 0.4) is 0 Å². The van der Waals surface area contributed by atoms with E-state index in [0.29, 0.717) is 35.4 Å². The first-order chi connectivity index (χ1) is 17.0. The summed E-state index contributed by atoms with van der Waals surface area (Å²) in [7, 11) is 0. The molecule has 35 heavy (non-hydrogen) atoms. The molecule has 1 saturated heterocycles. The zero-order valence-corrected chi connectivity index (χ0v) is 18.9.